The lowest BCUT2D eigenvalue weighted by atomic mass is 9.94. The highest BCUT2D eigenvalue weighted by atomic mass is 19.3. The molecule has 1 N–H and O–H groups in total. The molecule has 1 aliphatic heterocycles. The summed E-state index contributed by atoms with van der Waals surface area (Å²) in [6, 6.07) is 12.4. The van der Waals surface area contributed by atoms with E-state index < -0.39 is 48.1 Å². The molecule has 0 bridgehead atoms. The average molecular weight is 548 g/mol. The van der Waals surface area contributed by atoms with Gasteiger partial charge in [0.25, 0.3) is 5.91 Å². The zero-order valence-electron chi connectivity index (χ0n) is 22.1. The second-order valence-electron chi connectivity index (χ2n) is 10.2. The first-order chi connectivity index (χ1) is 18.4. The number of Topliss-reactive ketones (excluding diaryl/α,β-unsaturated/α-hetero) is 1. The van der Waals surface area contributed by atoms with Crippen LogP contribution in [-0.2, 0) is 20.9 Å². The van der Waals surface area contributed by atoms with Crippen LogP contribution < -0.4 is 10.2 Å². The number of benzene rings is 2. The van der Waals surface area contributed by atoms with Crippen LogP contribution in [0.4, 0.5) is 23.7 Å². The van der Waals surface area contributed by atoms with Gasteiger partial charge in [-0.15, -0.1) is 0 Å². The van der Waals surface area contributed by atoms with Crippen LogP contribution in [0.2, 0.25) is 0 Å². The molecule has 0 radical (unpaired) electrons. The van der Waals surface area contributed by atoms with E-state index in [0.29, 0.717) is 31.6 Å². The lowest BCUT2D eigenvalue weighted by Crippen LogP contribution is -2.45. The molecule has 2 aromatic rings. The molecule has 39 heavy (non-hydrogen) atoms. The molecule has 1 heterocycles. The number of para-hydroxylation sites is 1. The topological polar surface area (TPSA) is 96.0 Å². The quantitative estimate of drug-likeness (QED) is 0.489. The number of rotatable bonds is 8. The van der Waals surface area contributed by atoms with E-state index in [2.05, 4.69) is 0 Å². The number of piperidine rings is 1. The predicted molar refractivity (Wildman–Crippen MR) is 138 cm³/mol. The Kier molecular flexibility index (Phi) is 9.71. The van der Waals surface area contributed by atoms with Gasteiger partial charge in [-0.25, -0.2) is 9.18 Å². The largest absolute Gasteiger partial charge is 0.444 e. The Balaban J connectivity index is 1.72. The lowest BCUT2D eigenvalue weighted by Gasteiger charge is -2.35. The Morgan fingerprint density at radius 3 is 2.26 bits per heavy atom. The number of carbonyl (C=O) groups excluding carboxylic acids is 4. The number of ether oxygens (including phenoxy) is 1. The SMILES string of the molecule is CC(C)(C)OC(=O)N1CCC(C(=O)N(Cc2ccc(C(=O)CNC(=O)C(F)F)cc2F)c2ccccc2)CC1. The summed E-state index contributed by atoms with van der Waals surface area (Å²) >= 11 is 0. The van der Waals surface area contributed by atoms with E-state index in [1.165, 1.54) is 17.0 Å². The zero-order valence-corrected chi connectivity index (χ0v) is 22.1. The first kappa shape index (κ1) is 29.7. The van der Waals surface area contributed by atoms with Gasteiger partial charge < -0.3 is 19.9 Å². The van der Waals surface area contributed by atoms with Gasteiger partial charge in [-0.1, -0.05) is 30.3 Å². The summed E-state index contributed by atoms with van der Waals surface area (Å²) in [4.78, 5) is 52.3. The van der Waals surface area contributed by atoms with Crippen molar-refractivity contribution in [1.29, 1.82) is 0 Å². The molecule has 0 aliphatic carbocycles. The van der Waals surface area contributed by atoms with Crippen molar-refractivity contribution in [3.05, 3.63) is 65.5 Å². The van der Waals surface area contributed by atoms with Crippen molar-refractivity contribution in [3.8, 4) is 0 Å². The highest BCUT2D eigenvalue weighted by Crippen LogP contribution is 2.27. The highest BCUT2D eigenvalue weighted by molar-refractivity contribution is 5.99. The zero-order chi connectivity index (χ0) is 28.7. The molecular weight excluding hydrogens is 515 g/mol. The van der Waals surface area contributed by atoms with Gasteiger partial charge in [-0.05, 0) is 51.8 Å². The Hall–Kier alpha value is -3.89. The smallest absolute Gasteiger partial charge is 0.410 e. The number of ketones is 1. The fourth-order valence-corrected chi connectivity index (χ4v) is 4.13. The van der Waals surface area contributed by atoms with Crippen molar-refractivity contribution < 1.29 is 37.1 Å². The number of hydrogen-bond donors (Lipinski definition) is 1. The Morgan fingerprint density at radius 1 is 1.05 bits per heavy atom. The summed E-state index contributed by atoms with van der Waals surface area (Å²) in [5, 5.41) is 1.79. The molecule has 1 aliphatic rings. The van der Waals surface area contributed by atoms with Gasteiger partial charge in [-0.3, -0.25) is 14.4 Å². The molecule has 2 aromatic carbocycles. The van der Waals surface area contributed by atoms with Gasteiger partial charge in [0.2, 0.25) is 5.91 Å². The molecule has 210 valence electrons. The number of nitrogens with one attached hydrogen (secondary N) is 1. The summed E-state index contributed by atoms with van der Waals surface area (Å²) in [5.74, 6) is -3.70. The molecule has 0 aromatic heterocycles. The van der Waals surface area contributed by atoms with Crippen molar-refractivity contribution >= 4 is 29.4 Å². The molecule has 8 nitrogen and oxygen atoms in total. The molecule has 0 unspecified atom stereocenters. The highest BCUT2D eigenvalue weighted by Gasteiger charge is 2.33. The van der Waals surface area contributed by atoms with Gasteiger partial charge >= 0.3 is 12.5 Å². The molecule has 3 rings (SSSR count). The van der Waals surface area contributed by atoms with Crippen molar-refractivity contribution in [2.45, 2.75) is 52.2 Å². The van der Waals surface area contributed by atoms with E-state index in [9.17, 15) is 28.0 Å². The normalized spacial score (nSPS) is 14.2. The van der Waals surface area contributed by atoms with E-state index >= 15 is 4.39 Å². The van der Waals surface area contributed by atoms with E-state index in [1.807, 2.05) is 0 Å². The minimum absolute atomic E-state index is 0.0991. The minimum Gasteiger partial charge on any atom is -0.444 e. The van der Waals surface area contributed by atoms with Gasteiger partial charge in [0.15, 0.2) is 5.78 Å². The molecule has 1 fully saturated rings. The number of alkyl halides is 2. The molecular formula is C28H32F3N3O5. The van der Waals surface area contributed by atoms with E-state index in [1.54, 1.807) is 61.3 Å². The lowest BCUT2D eigenvalue weighted by molar-refractivity contribution is -0.131. The molecule has 0 spiro atoms. The van der Waals surface area contributed by atoms with Crippen LogP contribution in [0.3, 0.4) is 0 Å². The number of carbonyl (C=O) groups is 4. The first-order valence-electron chi connectivity index (χ1n) is 12.6. The van der Waals surface area contributed by atoms with Crippen molar-refractivity contribution in [2.75, 3.05) is 24.5 Å². The minimum atomic E-state index is -3.26. The maximum atomic E-state index is 15.0. The van der Waals surface area contributed by atoms with Crippen LogP contribution in [0, 0.1) is 11.7 Å². The van der Waals surface area contributed by atoms with Crippen molar-refractivity contribution in [2.24, 2.45) is 5.92 Å². The molecule has 11 heteroatoms. The number of anilines is 1. The van der Waals surface area contributed by atoms with Crippen molar-refractivity contribution in [1.82, 2.24) is 10.2 Å². The standard InChI is InChI=1S/C28H32F3N3O5/c1-28(2,3)39-27(38)33-13-11-18(12-14-33)26(37)34(21-7-5-4-6-8-21)17-20-10-9-19(15-22(20)29)23(35)16-32-25(36)24(30)31/h4-10,15,18,24H,11-14,16-17H2,1-3H3,(H,32,36). The number of hydrogen-bond acceptors (Lipinski definition) is 5. The second kappa shape index (κ2) is 12.8. The number of nitrogens with zero attached hydrogens (tertiary/aromatic N) is 2. The Bertz CT molecular complexity index is 1190. The number of halogens is 3. The van der Waals surface area contributed by atoms with Gasteiger partial charge in [0.05, 0.1) is 13.1 Å². The Morgan fingerprint density at radius 2 is 1.69 bits per heavy atom. The summed E-state index contributed by atoms with van der Waals surface area (Å²) in [5.41, 5.74) is -0.0199. The van der Waals surface area contributed by atoms with Crippen LogP contribution in [0.25, 0.3) is 0 Å². The molecule has 0 atom stereocenters. The van der Waals surface area contributed by atoms with Gasteiger partial charge in [0.1, 0.15) is 11.4 Å². The maximum Gasteiger partial charge on any atom is 0.410 e. The van der Waals surface area contributed by atoms with Gasteiger partial charge in [0, 0.05) is 35.8 Å². The fourth-order valence-electron chi connectivity index (χ4n) is 4.13. The van der Waals surface area contributed by atoms with Gasteiger partial charge in [-0.2, -0.15) is 8.78 Å². The second-order valence-corrected chi connectivity index (χ2v) is 10.2. The third-order valence-electron chi connectivity index (χ3n) is 6.15. The van der Waals surface area contributed by atoms with Crippen molar-refractivity contribution in [3.63, 3.8) is 0 Å². The molecule has 0 saturated carbocycles. The summed E-state index contributed by atoms with van der Waals surface area (Å²) in [7, 11) is 0. The maximum absolute atomic E-state index is 15.0. The van der Waals surface area contributed by atoms with Crippen LogP contribution >= 0.6 is 0 Å². The van der Waals surface area contributed by atoms with Crippen LogP contribution in [0.1, 0.15) is 49.5 Å². The Labute approximate surface area is 225 Å². The molecule has 3 amide bonds. The summed E-state index contributed by atoms with van der Waals surface area (Å²) in [6.45, 7) is 5.24. The first-order valence-corrected chi connectivity index (χ1v) is 12.6. The fraction of sp³-hybridized carbons (Fsp3) is 0.429. The van der Waals surface area contributed by atoms with E-state index in [0.717, 1.165) is 6.07 Å². The average Bonchev–Trinajstić information content (AvgIpc) is 2.90. The summed E-state index contributed by atoms with van der Waals surface area (Å²) < 4.78 is 45.1. The van der Waals surface area contributed by atoms with Crippen LogP contribution in [0.15, 0.2) is 48.5 Å². The third kappa shape index (κ3) is 8.30. The summed E-state index contributed by atoms with van der Waals surface area (Å²) in [6.07, 6.45) is -2.86. The number of likely N-dealkylation sites (tertiary alicyclic amines) is 1. The van der Waals surface area contributed by atoms with Crippen LogP contribution in [-0.4, -0.2) is 60.3 Å². The predicted octanol–water partition coefficient (Wildman–Crippen LogP) is 4.57. The monoisotopic (exact) mass is 547 g/mol. The van der Waals surface area contributed by atoms with E-state index in [-0.39, 0.29) is 23.6 Å². The number of amides is 3. The van der Waals surface area contributed by atoms with Crippen LogP contribution in [0.5, 0.6) is 0 Å². The molecule has 1 saturated heterocycles. The third-order valence-corrected chi connectivity index (χ3v) is 6.15. The van der Waals surface area contributed by atoms with E-state index in [4.69, 9.17) is 4.74 Å².